The molecule has 1 unspecified atom stereocenters. The summed E-state index contributed by atoms with van der Waals surface area (Å²) >= 11 is 0. The first-order valence-electron chi connectivity index (χ1n) is 6.20. The van der Waals surface area contributed by atoms with Gasteiger partial charge in [-0.2, -0.15) is 0 Å². The van der Waals surface area contributed by atoms with Crippen LogP contribution in [0, 0.1) is 0 Å². The minimum Gasteiger partial charge on any atom is -0.340 e. The Bertz CT molecular complexity index is 198. The standard InChI is InChI=1S/C12H24N2O/c1-3-14(11-6-4-5-7-11)12(15)9-8-10(2)13/h10-11H,3-9,13H2,1-2H3. The number of carbonyl (C=O) groups excluding carboxylic acids is 1. The van der Waals surface area contributed by atoms with E-state index >= 15 is 0 Å². The van der Waals surface area contributed by atoms with Crippen LogP contribution in [0.4, 0.5) is 0 Å². The third-order valence-electron chi connectivity index (χ3n) is 3.24. The molecule has 1 aliphatic rings. The van der Waals surface area contributed by atoms with Crippen LogP contribution in [0.2, 0.25) is 0 Å². The predicted molar refractivity (Wildman–Crippen MR) is 62.5 cm³/mol. The van der Waals surface area contributed by atoms with Crippen LogP contribution in [0.3, 0.4) is 0 Å². The number of rotatable bonds is 5. The van der Waals surface area contributed by atoms with Gasteiger partial charge in [-0.05, 0) is 33.1 Å². The van der Waals surface area contributed by atoms with Crippen LogP contribution < -0.4 is 5.73 Å². The van der Waals surface area contributed by atoms with Gasteiger partial charge in [-0.3, -0.25) is 4.79 Å². The van der Waals surface area contributed by atoms with Crippen molar-refractivity contribution in [2.24, 2.45) is 5.73 Å². The fourth-order valence-electron chi connectivity index (χ4n) is 2.35. The van der Waals surface area contributed by atoms with Crippen molar-refractivity contribution in [2.75, 3.05) is 6.54 Å². The molecule has 0 heterocycles. The molecule has 0 bridgehead atoms. The van der Waals surface area contributed by atoms with Gasteiger partial charge in [-0.15, -0.1) is 0 Å². The summed E-state index contributed by atoms with van der Waals surface area (Å²) < 4.78 is 0. The van der Waals surface area contributed by atoms with Crippen molar-refractivity contribution < 1.29 is 4.79 Å². The lowest BCUT2D eigenvalue weighted by Gasteiger charge is -2.28. The Labute approximate surface area is 93.0 Å². The van der Waals surface area contributed by atoms with Gasteiger partial charge in [0, 0.05) is 25.0 Å². The molecule has 0 aliphatic heterocycles. The third-order valence-corrected chi connectivity index (χ3v) is 3.24. The van der Waals surface area contributed by atoms with Crippen LogP contribution in [0.1, 0.15) is 52.4 Å². The van der Waals surface area contributed by atoms with Crippen LogP contribution in [0.25, 0.3) is 0 Å². The fraction of sp³-hybridized carbons (Fsp3) is 0.917. The van der Waals surface area contributed by atoms with E-state index in [2.05, 4.69) is 11.8 Å². The van der Waals surface area contributed by atoms with E-state index in [1.54, 1.807) is 0 Å². The van der Waals surface area contributed by atoms with Crippen molar-refractivity contribution in [3.63, 3.8) is 0 Å². The second-order valence-corrected chi connectivity index (χ2v) is 4.63. The molecule has 0 spiro atoms. The molecule has 1 rings (SSSR count). The SMILES string of the molecule is CCN(C(=O)CCC(C)N)C1CCCC1. The molecule has 15 heavy (non-hydrogen) atoms. The molecular weight excluding hydrogens is 188 g/mol. The van der Waals surface area contributed by atoms with Gasteiger partial charge in [-0.25, -0.2) is 0 Å². The zero-order valence-electron chi connectivity index (χ0n) is 10.0. The van der Waals surface area contributed by atoms with Gasteiger partial charge in [0.15, 0.2) is 0 Å². The molecular formula is C12H24N2O. The Morgan fingerprint density at radius 1 is 1.47 bits per heavy atom. The van der Waals surface area contributed by atoms with Crippen molar-refractivity contribution in [1.29, 1.82) is 0 Å². The third kappa shape index (κ3) is 3.82. The number of carbonyl (C=O) groups is 1. The zero-order valence-corrected chi connectivity index (χ0v) is 10.0. The maximum atomic E-state index is 11.9. The highest BCUT2D eigenvalue weighted by atomic mass is 16.2. The fourth-order valence-corrected chi connectivity index (χ4v) is 2.35. The summed E-state index contributed by atoms with van der Waals surface area (Å²) in [6, 6.07) is 0.645. The summed E-state index contributed by atoms with van der Waals surface area (Å²) in [7, 11) is 0. The van der Waals surface area contributed by atoms with Crippen LogP contribution in [0.5, 0.6) is 0 Å². The second-order valence-electron chi connectivity index (χ2n) is 4.63. The van der Waals surface area contributed by atoms with Crippen LogP contribution in [-0.4, -0.2) is 29.4 Å². The summed E-state index contributed by atoms with van der Waals surface area (Å²) in [4.78, 5) is 14.0. The van der Waals surface area contributed by atoms with Crippen LogP contribution in [-0.2, 0) is 4.79 Å². The summed E-state index contributed by atoms with van der Waals surface area (Å²) in [5.41, 5.74) is 5.67. The normalized spacial score (nSPS) is 19.1. The number of hydrogen-bond acceptors (Lipinski definition) is 2. The molecule has 0 radical (unpaired) electrons. The molecule has 1 aliphatic carbocycles. The first kappa shape index (κ1) is 12.5. The van der Waals surface area contributed by atoms with Crippen LogP contribution in [0.15, 0.2) is 0 Å². The predicted octanol–water partition coefficient (Wildman–Crippen LogP) is 1.90. The second kappa shape index (κ2) is 6.11. The Morgan fingerprint density at radius 2 is 2.07 bits per heavy atom. The largest absolute Gasteiger partial charge is 0.340 e. The minimum atomic E-state index is 0.135. The molecule has 3 heteroatoms. The number of hydrogen-bond donors (Lipinski definition) is 1. The summed E-state index contributed by atoms with van der Waals surface area (Å²) in [5.74, 6) is 0.293. The highest BCUT2D eigenvalue weighted by molar-refractivity contribution is 5.76. The molecule has 1 saturated carbocycles. The minimum absolute atomic E-state index is 0.135. The van der Waals surface area contributed by atoms with E-state index < -0.39 is 0 Å². The van der Waals surface area contributed by atoms with Crippen molar-refractivity contribution in [1.82, 2.24) is 4.90 Å². The average Bonchev–Trinajstić information content (AvgIpc) is 2.69. The van der Waals surface area contributed by atoms with Gasteiger partial charge >= 0.3 is 0 Å². The Hall–Kier alpha value is -0.570. The highest BCUT2D eigenvalue weighted by Crippen LogP contribution is 2.24. The van der Waals surface area contributed by atoms with Gasteiger partial charge in [0.2, 0.25) is 5.91 Å². The first-order chi connectivity index (χ1) is 7.15. The average molecular weight is 212 g/mol. The molecule has 0 saturated heterocycles. The Morgan fingerprint density at radius 3 is 2.53 bits per heavy atom. The van der Waals surface area contributed by atoms with Gasteiger partial charge in [0.05, 0.1) is 0 Å². The number of nitrogens with two attached hydrogens (primary N) is 1. The number of amides is 1. The molecule has 0 aromatic carbocycles. The maximum Gasteiger partial charge on any atom is 0.222 e. The summed E-state index contributed by atoms with van der Waals surface area (Å²) in [5, 5.41) is 0. The quantitative estimate of drug-likeness (QED) is 0.756. The Balaban J connectivity index is 2.39. The van der Waals surface area contributed by atoms with E-state index in [0.717, 1.165) is 13.0 Å². The van der Waals surface area contributed by atoms with Crippen molar-refractivity contribution in [3.05, 3.63) is 0 Å². The van der Waals surface area contributed by atoms with Crippen molar-refractivity contribution in [2.45, 2.75) is 64.5 Å². The molecule has 0 aromatic heterocycles. The maximum absolute atomic E-state index is 11.9. The summed E-state index contributed by atoms with van der Waals surface area (Å²) in [6.45, 7) is 4.88. The van der Waals surface area contributed by atoms with E-state index in [9.17, 15) is 4.79 Å². The van der Waals surface area contributed by atoms with Gasteiger partial charge in [0.1, 0.15) is 0 Å². The monoisotopic (exact) mass is 212 g/mol. The number of nitrogens with zero attached hydrogens (tertiary/aromatic N) is 1. The van der Waals surface area contributed by atoms with Gasteiger partial charge in [0.25, 0.3) is 0 Å². The first-order valence-corrected chi connectivity index (χ1v) is 6.20. The topological polar surface area (TPSA) is 46.3 Å². The highest BCUT2D eigenvalue weighted by Gasteiger charge is 2.24. The van der Waals surface area contributed by atoms with Gasteiger partial charge in [-0.1, -0.05) is 12.8 Å². The van der Waals surface area contributed by atoms with Crippen LogP contribution >= 0.6 is 0 Å². The molecule has 3 nitrogen and oxygen atoms in total. The van der Waals surface area contributed by atoms with E-state index in [1.807, 2.05) is 6.92 Å². The van der Waals surface area contributed by atoms with Crippen molar-refractivity contribution >= 4 is 5.91 Å². The van der Waals surface area contributed by atoms with E-state index in [4.69, 9.17) is 5.73 Å². The van der Waals surface area contributed by atoms with Crippen molar-refractivity contribution in [3.8, 4) is 0 Å². The summed E-state index contributed by atoms with van der Waals surface area (Å²) in [6.07, 6.45) is 6.36. The molecule has 88 valence electrons. The molecule has 1 atom stereocenters. The zero-order chi connectivity index (χ0) is 11.3. The van der Waals surface area contributed by atoms with E-state index in [-0.39, 0.29) is 6.04 Å². The smallest absolute Gasteiger partial charge is 0.222 e. The van der Waals surface area contributed by atoms with E-state index in [0.29, 0.717) is 18.4 Å². The molecule has 1 fully saturated rings. The lowest BCUT2D eigenvalue weighted by atomic mass is 10.1. The van der Waals surface area contributed by atoms with Gasteiger partial charge < -0.3 is 10.6 Å². The molecule has 0 aromatic rings. The lowest BCUT2D eigenvalue weighted by Crippen LogP contribution is -2.39. The molecule has 2 N–H and O–H groups in total. The lowest BCUT2D eigenvalue weighted by molar-refractivity contribution is -0.133. The molecule has 1 amide bonds. The van der Waals surface area contributed by atoms with E-state index in [1.165, 1.54) is 25.7 Å². The Kier molecular flexibility index (Phi) is 5.09.